The zero-order valence-corrected chi connectivity index (χ0v) is 24.0. The Morgan fingerprint density at radius 2 is 1.71 bits per heavy atom. The maximum absolute atomic E-state index is 12.4. The molecule has 0 bridgehead atoms. The number of anilines is 2. The fourth-order valence-corrected chi connectivity index (χ4v) is 4.80. The van der Waals surface area contributed by atoms with E-state index < -0.39 is 11.7 Å². The molecule has 0 radical (unpaired) electrons. The van der Waals surface area contributed by atoms with Crippen molar-refractivity contribution in [1.29, 1.82) is 0 Å². The molecule has 1 N–H and O–H groups in total. The predicted molar refractivity (Wildman–Crippen MR) is 158 cm³/mol. The second kappa shape index (κ2) is 11.4. The third-order valence-corrected chi connectivity index (χ3v) is 7.02. The van der Waals surface area contributed by atoms with Crippen LogP contribution >= 0.6 is 0 Å². The molecule has 1 aromatic carbocycles. The molecular weight excluding hydrogens is 534 g/mol. The Morgan fingerprint density at radius 1 is 0.976 bits per heavy atom. The number of fused-ring (bicyclic) bond motifs is 1. The molecule has 1 aliphatic heterocycles. The first-order valence-electron chi connectivity index (χ1n) is 14.2. The number of hydrogen-bond acceptors (Lipinski definition) is 10. The fourth-order valence-electron chi connectivity index (χ4n) is 4.80. The number of hydrogen-bond donors (Lipinski definition) is 1. The zero-order valence-electron chi connectivity index (χ0n) is 24.0. The Balaban J connectivity index is 1.33. The third-order valence-electron chi connectivity index (χ3n) is 7.02. The standard InChI is InChI=1S/C31H33N7O4/c1-31(2,3)42-30(40)37-29-33-17-23(18-34-29)27-35-24-15-22(16-32-26(24)28(36-27)38-9-11-41-12-10-38)21-6-4-5-19(13-21)14-25(39)20-7-8-20/h4-6,13,15-18,20H,7-12,14H2,1-3H3,(H,33,34,37,40). The molecule has 216 valence electrons. The highest BCUT2D eigenvalue weighted by Gasteiger charge is 2.29. The number of carbonyl (C=O) groups excluding carboxylic acids is 2. The second-order valence-electron chi connectivity index (χ2n) is 11.6. The number of amides is 1. The van der Waals surface area contributed by atoms with Crippen LogP contribution < -0.4 is 10.2 Å². The van der Waals surface area contributed by atoms with Gasteiger partial charge in [0.05, 0.1) is 24.3 Å². The van der Waals surface area contributed by atoms with Gasteiger partial charge in [0.2, 0.25) is 5.95 Å². The minimum Gasteiger partial charge on any atom is -0.444 e. The Labute approximate surface area is 243 Å². The molecule has 2 fully saturated rings. The van der Waals surface area contributed by atoms with E-state index in [2.05, 4.69) is 26.3 Å². The van der Waals surface area contributed by atoms with Crippen molar-refractivity contribution >= 4 is 34.7 Å². The topological polar surface area (TPSA) is 132 Å². The van der Waals surface area contributed by atoms with Crippen LogP contribution in [0.3, 0.4) is 0 Å². The number of rotatable bonds is 7. The molecule has 1 aliphatic carbocycles. The van der Waals surface area contributed by atoms with E-state index in [1.807, 2.05) is 30.5 Å². The van der Waals surface area contributed by atoms with E-state index in [-0.39, 0.29) is 11.9 Å². The van der Waals surface area contributed by atoms with Gasteiger partial charge >= 0.3 is 6.09 Å². The lowest BCUT2D eigenvalue weighted by atomic mass is 10.0. The predicted octanol–water partition coefficient (Wildman–Crippen LogP) is 4.85. The number of morpholine rings is 1. The number of aromatic nitrogens is 5. The van der Waals surface area contributed by atoms with Crippen LogP contribution in [0.2, 0.25) is 0 Å². The van der Waals surface area contributed by atoms with Crippen molar-refractivity contribution in [3.8, 4) is 22.5 Å². The maximum Gasteiger partial charge on any atom is 0.414 e. The van der Waals surface area contributed by atoms with Crippen LogP contribution in [0.15, 0.2) is 48.9 Å². The molecule has 11 heteroatoms. The zero-order chi connectivity index (χ0) is 29.3. The van der Waals surface area contributed by atoms with E-state index in [0.29, 0.717) is 66.7 Å². The van der Waals surface area contributed by atoms with E-state index in [1.165, 1.54) is 0 Å². The lowest BCUT2D eigenvalue weighted by Gasteiger charge is -2.28. The van der Waals surface area contributed by atoms with Gasteiger partial charge in [-0.1, -0.05) is 24.3 Å². The number of ether oxygens (including phenoxy) is 2. The summed E-state index contributed by atoms with van der Waals surface area (Å²) in [5.74, 6) is 1.81. The van der Waals surface area contributed by atoms with Gasteiger partial charge in [-0.05, 0) is 50.8 Å². The summed E-state index contributed by atoms with van der Waals surface area (Å²) < 4.78 is 10.8. The van der Waals surface area contributed by atoms with Gasteiger partial charge in [0, 0.05) is 49.6 Å². The van der Waals surface area contributed by atoms with Gasteiger partial charge in [0.15, 0.2) is 11.6 Å². The quantitative estimate of drug-likeness (QED) is 0.330. The van der Waals surface area contributed by atoms with Gasteiger partial charge in [-0.15, -0.1) is 0 Å². The van der Waals surface area contributed by atoms with Gasteiger partial charge in [0.1, 0.15) is 16.9 Å². The average molecular weight is 568 g/mol. The van der Waals surface area contributed by atoms with Crippen molar-refractivity contribution in [2.45, 2.75) is 45.6 Å². The smallest absolute Gasteiger partial charge is 0.414 e. The number of pyridine rings is 1. The lowest BCUT2D eigenvalue weighted by Crippen LogP contribution is -2.37. The molecule has 0 spiro atoms. The average Bonchev–Trinajstić information content (AvgIpc) is 3.82. The molecule has 2 aliphatic rings. The second-order valence-corrected chi connectivity index (χ2v) is 11.6. The molecule has 1 saturated carbocycles. The van der Waals surface area contributed by atoms with E-state index in [0.717, 1.165) is 29.5 Å². The normalized spacial score (nSPS) is 15.5. The van der Waals surface area contributed by atoms with Crippen LogP contribution in [-0.2, 0) is 20.7 Å². The Bertz CT molecular complexity index is 1630. The monoisotopic (exact) mass is 567 g/mol. The van der Waals surface area contributed by atoms with Crippen molar-refractivity contribution in [2.24, 2.45) is 5.92 Å². The summed E-state index contributed by atoms with van der Waals surface area (Å²) in [5, 5.41) is 2.54. The maximum atomic E-state index is 12.4. The first-order valence-corrected chi connectivity index (χ1v) is 14.2. The molecule has 4 aromatic rings. The Hall–Kier alpha value is -4.51. The molecule has 42 heavy (non-hydrogen) atoms. The molecule has 3 aromatic heterocycles. The summed E-state index contributed by atoms with van der Waals surface area (Å²) in [4.78, 5) is 49.8. The van der Waals surface area contributed by atoms with E-state index in [1.54, 1.807) is 33.2 Å². The van der Waals surface area contributed by atoms with Gasteiger partial charge < -0.3 is 14.4 Å². The Morgan fingerprint density at radius 3 is 2.43 bits per heavy atom. The minimum atomic E-state index is -0.638. The number of Topliss-reactive ketones (excluding diaryl/α,β-unsaturated/α-hetero) is 1. The number of benzene rings is 1. The first-order chi connectivity index (χ1) is 20.2. The van der Waals surface area contributed by atoms with Crippen LogP contribution in [0.5, 0.6) is 0 Å². The van der Waals surface area contributed by atoms with Crippen molar-refractivity contribution in [3.05, 3.63) is 54.5 Å². The highest BCUT2D eigenvalue weighted by molar-refractivity contribution is 5.90. The van der Waals surface area contributed by atoms with Crippen LogP contribution in [0.1, 0.15) is 39.2 Å². The third kappa shape index (κ3) is 6.52. The van der Waals surface area contributed by atoms with E-state index >= 15 is 0 Å². The number of nitrogens with one attached hydrogen (secondary N) is 1. The highest BCUT2D eigenvalue weighted by atomic mass is 16.6. The van der Waals surface area contributed by atoms with Gasteiger partial charge in [-0.25, -0.2) is 24.7 Å². The van der Waals surface area contributed by atoms with Crippen LogP contribution in [0.4, 0.5) is 16.6 Å². The summed E-state index contributed by atoms with van der Waals surface area (Å²) in [5.41, 5.74) is 4.18. The SMILES string of the molecule is CC(C)(C)OC(=O)Nc1ncc(-c2nc(N3CCOCC3)c3ncc(-c4cccc(CC(=O)C5CC5)c4)cc3n2)cn1. The molecule has 11 nitrogen and oxygen atoms in total. The molecule has 1 amide bonds. The molecule has 0 unspecified atom stereocenters. The minimum absolute atomic E-state index is 0.117. The molecule has 1 saturated heterocycles. The fraction of sp³-hybridized carbons (Fsp3) is 0.387. The largest absolute Gasteiger partial charge is 0.444 e. The molecule has 6 rings (SSSR count). The van der Waals surface area contributed by atoms with Crippen LogP contribution in [0.25, 0.3) is 33.5 Å². The van der Waals surface area contributed by atoms with Crippen molar-refractivity contribution < 1.29 is 19.1 Å². The Kier molecular flexibility index (Phi) is 7.51. The van der Waals surface area contributed by atoms with Gasteiger partial charge in [0.25, 0.3) is 0 Å². The first kappa shape index (κ1) is 27.6. The summed E-state index contributed by atoms with van der Waals surface area (Å²) in [7, 11) is 0. The highest BCUT2D eigenvalue weighted by Crippen LogP contribution is 2.32. The van der Waals surface area contributed by atoms with E-state index in [4.69, 9.17) is 24.4 Å². The van der Waals surface area contributed by atoms with Crippen molar-refractivity contribution in [3.63, 3.8) is 0 Å². The lowest BCUT2D eigenvalue weighted by molar-refractivity contribution is -0.119. The summed E-state index contributed by atoms with van der Waals surface area (Å²) >= 11 is 0. The summed E-state index contributed by atoms with van der Waals surface area (Å²) in [6, 6.07) is 10.0. The van der Waals surface area contributed by atoms with Crippen molar-refractivity contribution in [2.75, 3.05) is 36.5 Å². The number of nitrogens with zero attached hydrogens (tertiary/aromatic N) is 6. The molecular formula is C31H33N7O4. The summed E-state index contributed by atoms with van der Waals surface area (Å²) in [6.45, 7) is 7.91. The molecule has 4 heterocycles. The van der Waals surface area contributed by atoms with Crippen LogP contribution in [0, 0.1) is 5.92 Å². The van der Waals surface area contributed by atoms with Crippen LogP contribution in [-0.4, -0.2) is 68.7 Å². The number of carbonyl (C=O) groups is 2. The summed E-state index contributed by atoms with van der Waals surface area (Å²) in [6.07, 6.45) is 6.81. The molecule has 0 atom stereocenters. The van der Waals surface area contributed by atoms with Gasteiger partial charge in [-0.2, -0.15) is 0 Å². The van der Waals surface area contributed by atoms with Crippen molar-refractivity contribution in [1.82, 2.24) is 24.9 Å². The number of ketones is 1. The van der Waals surface area contributed by atoms with Gasteiger partial charge in [-0.3, -0.25) is 15.1 Å². The van der Waals surface area contributed by atoms with E-state index in [9.17, 15) is 9.59 Å².